The molecule has 2 saturated carbocycles. The third kappa shape index (κ3) is 4.98. The molecule has 0 bridgehead atoms. The predicted octanol–water partition coefficient (Wildman–Crippen LogP) is 4.32. The second kappa shape index (κ2) is 8.18. The minimum atomic E-state index is 0.982. The molecule has 3 rings (SSSR count). The van der Waals surface area contributed by atoms with E-state index in [2.05, 4.69) is 13.8 Å². The molecule has 0 aromatic rings. The molecule has 0 radical (unpaired) electrons. The van der Waals surface area contributed by atoms with Crippen LogP contribution in [-0.2, 0) is 0 Å². The lowest BCUT2D eigenvalue weighted by atomic mass is 9.76. The lowest BCUT2D eigenvalue weighted by Gasteiger charge is -2.37. The highest BCUT2D eigenvalue weighted by atomic mass is 15.1. The summed E-state index contributed by atoms with van der Waals surface area (Å²) in [5.74, 6) is 5.15. The molecule has 1 heterocycles. The number of hydrogen-bond acceptors (Lipinski definition) is 0. The third-order valence-electron chi connectivity index (χ3n) is 6.96. The van der Waals surface area contributed by atoms with Crippen LogP contribution >= 0.6 is 0 Å². The molecular weight excluding hydrogens is 266 g/mol. The van der Waals surface area contributed by atoms with Gasteiger partial charge in [-0.25, -0.2) is 0 Å². The number of quaternary nitrogens is 1. The van der Waals surface area contributed by atoms with E-state index in [-0.39, 0.29) is 0 Å². The fourth-order valence-corrected chi connectivity index (χ4v) is 6.22. The van der Waals surface area contributed by atoms with Crippen LogP contribution in [0.25, 0.3) is 0 Å². The topological polar surface area (TPSA) is 4.44 Å². The van der Waals surface area contributed by atoms with E-state index in [4.69, 9.17) is 0 Å². The van der Waals surface area contributed by atoms with E-state index < -0.39 is 0 Å². The third-order valence-corrected chi connectivity index (χ3v) is 6.96. The van der Waals surface area contributed by atoms with Crippen molar-refractivity contribution in [3.8, 4) is 0 Å². The highest BCUT2D eigenvalue weighted by molar-refractivity contribution is 4.76. The summed E-state index contributed by atoms with van der Waals surface area (Å²) >= 11 is 0. The molecule has 2 aliphatic carbocycles. The van der Waals surface area contributed by atoms with Crippen molar-refractivity contribution in [2.75, 3.05) is 19.6 Å². The summed E-state index contributed by atoms with van der Waals surface area (Å²) in [6.45, 7) is 9.45. The Hall–Kier alpha value is -0.0400. The molecule has 3 aliphatic rings. The van der Waals surface area contributed by atoms with Gasteiger partial charge in [0.25, 0.3) is 0 Å². The first-order chi connectivity index (χ1) is 10.7. The summed E-state index contributed by atoms with van der Waals surface area (Å²) in [6, 6.07) is 0. The fraction of sp³-hybridized carbons (Fsp3) is 1.00. The first-order valence-electron chi connectivity index (χ1n) is 10.5. The van der Waals surface area contributed by atoms with Crippen molar-refractivity contribution < 1.29 is 4.90 Å². The molecule has 4 unspecified atom stereocenters. The summed E-state index contributed by atoms with van der Waals surface area (Å²) in [6.07, 6.45) is 16.8. The first-order valence-corrected chi connectivity index (χ1v) is 10.5. The Morgan fingerprint density at radius 3 is 2.14 bits per heavy atom. The van der Waals surface area contributed by atoms with E-state index in [1.165, 1.54) is 71.0 Å². The molecule has 0 aromatic heterocycles. The van der Waals surface area contributed by atoms with Crippen LogP contribution in [0.3, 0.4) is 0 Å². The Kier molecular flexibility index (Phi) is 6.24. The monoisotopic (exact) mass is 306 g/mol. The molecule has 3 fully saturated rings. The molecule has 22 heavy (non-hydrogen) atoms. The van der Waals surface area contributed by atoms with Gasteiger partial charge in [0.1, 0.15) is 0 Å². The van der Waals surface area contributed by atoms with Crippen molar-refractivity contribution in [1.29, 1.82) is 0 Å². The number of likely N-dealkylation sites (tertiary alicyclic amines) is 1. The maximum absolute atomic E-state index is 2.49. The van der Waals surface area contributed by atoms with Gasteiger partial charge in [0.05, 0.1) is 19.6 Å². The van der Waals surface area contributed by atoms with Gasteiger partial charge in [0.15, 0.2) is 0 Å². The van der Waals surface area contributed by atoms with Gasteiger partial charge >= 0.3 is 0 Å². The minimum absolute atomic E-state index is 0.982. The molecule has 1 heteroatoms. The fourth-order valence-electron chi connectivity index (χ4n) is 6.22. The average Bonchev–Trinajstić information content (AvgIpc) is 2.47. The first kappa shape index (κ1) is 16.8. The van der Waals surface area contributed by atoms with Gasteiger partial charge in [-0.2, -0.15) is 0 Å². The van der Waals surface area contributed by atoms with Crippen molar-refractivity contribution in [3.05, 3.63) is 0 Å². The number of hydrogen-bond donors (Lipinski definition) is 1. The van der Waals surface area contributed by atoms with E-state index in [1.807, 2.05) is 4.90 Å². The van der Waals surface area contributed by atoms with E-state index in [9.17, 15) is 0 Å². The summed E-state index contributed by atoms with van der Waals surface area (Å²) in [4.78, 5) is 1.97. The second-order valence-corrected chi connectivity index (χ2v) is 9.44. The van der Waals surface area contributed by atoms with Gasteiger partial charge in [0.2, 0.25) is 0 Å². The standard InChI is InChI=1S/C21H39N/c1-17-11-18(2)13-21(12-17)16-22-10-6-9-20(15-22)14-19-7-4-3-5-8-19/h17-21H,3-16H2,1-2H3/p+1. The number of piperidine rings is 1. The largest absolute Gasteiger partial charge is 0.334 e. The molecule has 0 spiro atoms. The molecule has 1 nitrogen and oxygen atoms in total. The van der Waals surface area contributed by atoms with E-state index >= 15 is 0 Å². The van der Waals surface area contributed by atoms with Crippen LogP contribution in [0.15, 0.2) is 0 Å². The van der Waals surface area contributed by atoms with Crippen LogP contribution in [0.2, 0.25) is 0 Å². The number of rotatable bonds is 4. The Morgan fingerprint density at radius 2 is 1.41 bits per heavy atom. The zero-order valence-corrected chi connectivity index (χ0v) is 15.3. The highest BCUT2D eigenvalue weighted by Gasteiger charge is 2.31. The Labute approximate surface area is 139 Å². The van der Waals surface area contributed by atoms with Crippen molar-refractivity contribution in [3.63, 3.8) is 0 Å². The molecule has 1 N–H and O–H groups in total. The zero-order chi connectivity index (χ0) is 15.4. The lowest BCUT2D eigenvalue weighted by molar-refractivity contribution is -0.912. The zero-order valence-electron chi connectivity index (χ0n) is 15.3. The summed E-state index contributed by atoms with van der Waals surface area (Å²) in [7, 11) is 0. The smallest absolute Gasteiger partial charge is 0.0799 e. The van der Waals surface area contributed by atoms with Gasteiger partial charge in [-0.15, -0.1) is 0 Å². The van der Waals surface area contributed by atoms with E-state index in [1.54, 1.807) is 19.3 Å². The van der Waals surface area contributed by atoms with Gasteiger partial charge in [0, 0.05) is 11.8 Å². The Morgan fingerprint density at radius 1 is 0.727 bits per heavy atom. The predicted molar refractivity (Wildman–Crippen MR) is 95.1 cm³/mol. The maximum Gasteiger partial charge on any atom is 0.0799 e. The molecule has 4 atom stereocenters. The van der Waals surface area contributed by atoms with Crippen LogP contribution in [0.1, 0.15) is 84.5 Å². The van der Waals surface area contributed by atoms with Crippen LogP contribution in [0.5, 0.6) is 0 Å². The lowest BCUT2D eigenvalue weighted by Crippen LogP contribution is -3.14. The Bertz CT molecular complexity index is 310. The molecule has 1 saturated heterocycles. The second-order valence-electron chi connectivity index (χ2n) is 9.44. The van der Waals surface area contributed by atoms with Gasteiger partial charge in [-0.1, -0.05) is 46.0 Å². The highest BCUT2D eigenvalue weighted by Crippen LogP contribution is 2.33. The quantitative estimate of drug-likeness (QED) is 0.789. The molecular formula is C21H40N+. The molecule has 1 aliphatic heterocycles. The molecule has 0 amide bonds. The van der Waals surface area contributed by atoms with Gasteiger partial charge in [-0.3, -0.25) is 0 Å². The van der Waals surface area contributed by atoms with Crippen molar-refractivity contribution in [2.45, 2.75) is 84.5 Å². The summed E-state index contributed by atoms with van der Waals surface area (Å²) in [5.41, 5.74) is 0. The van der Waals surface area contributed by atoms with Crippen LogP contribution in [-0.4, -0.2) is 19.6 Å². The van der Waals surface area contributed by atoms with Crippen LogP contribution in [0, 0.1) is 29.6 Å². The van der Waals surface area contributed by atoms with Crippen molar-refractivity contribution in [1.82, 2.24) is 0 Å². The average molecular weight is 307 g/mol. The minimum Gasteiger partial charge on any atom is -0.334 e. The van der Waals surface area contributed by atoms with Crippen molar-refractivity contribution >= 4 is 0 Å². The summed E-state index contributed by atoms with van der Waals surface area (Å²) < 4.78 is 0. The summed E-state index contributed by atoms with van der Waals surface area (Å²) in [5, 5.41) is 0. The normalized spacial score (nSPS) is 41.5. The maximum atomic E-state index is 2.49. The van der Waals surface area contributed by atoms with Crippen LogP contribution < -0.4 is 4.90 Å². The van der Waals surface area contributed by atoms with Gasteiger partial charge in [-0.05, 0) is 56.3 Å². The number of nitrogens with one attached hydrogen (secondary N) is 1. The van der Waals surface area contributed by atoms with Crippen LogP contribution in [0.4, 0.5) is 0 Å². The van der Waals surface area contributed by atoms with Crippen molar-refractivity contribution in [2.24, 2.45) is 29.6 Å². The SMILES string of the molecule is CC1CC(C)CC(C[NH+]2CCCC(CC3CCCCC3)C2)C1. The molecule has 0 aromatic carbocycles. The van der Waals surface area contributed by atoms with Gasteiger partial charge < -0.3 is 4.90 Å². The van der Waals surface area contributed by atoms with E-state index in [0.29, 0.717) is 0 Å². The molecule has 128 valence electrons. The van der Waals surface area contributed by atoms with E-state index in [0.717, 1.165) is 29.6 Å². The Balaban J connectivity index is 1.43.